The van der Waals surface area contributed by atoms with Crippen molar-refractivity contribution >= 4 is 52.5 Å². The third-order valence-electron chi connectivity index (χ3n) is 1.92. The smallest absolute Gasteiger partial charge is 0.328 e. The third-order valence-corrected chi connectivity index (χ3v) is 3.07. The van der Waals surface area contributed by atoms with Crippen LogP contribution in [0, 0.1) is 0 Å². The highest BCUT2D eigenvalue weighted by Gasteiger charge is 2.35. The van der Waals surface area contributed by atoms with E-state index in [0.29, 0.717) is 12.2 Å². The molecule has 0 saturated carbocycles. The molecule has 17 heavy (non-hydrogen) atoms. The van der Waals surface area contributed by atoms with Crippen LogP contribution in [0.15, 0.2) is 0 Å². The van der Waals surface area contributed by atoms with Crippen LogP contribution >= 0.6 is 46.6 Å². The molecule has 1 aromatic rings. The van der Waals surface area contributed by atoms with E-state index in [1.165, 1.54) is 11.8 Å². The monoisotopic (exact) mass is 318 g/mol. The number of halogens is 3. The molecule has 6 nitrogen and oxygen atoms in total. The van der Waals surface area contributed by atoms with Gasteiger partial charge in [-0.15, -0.1) is 5.10 Å². The lowest BCUT2D eigenvalue weighted by Gasteiger charge is -2.16. The van der Waals surface area contributed by atoms with Gasteiger partial charge in [-0.2, -0.15) is 11.8 Å². The van der Waals surface area contributed by atoms with Crippen LogP contribution in [-0.2, 0) is 8.59 Å². The van der Waals surface area contributed by atoms with Gasteiger partial charge in [0, 0.05) is 0 Å². The first-order valence-electron chi connectivity index (χ1n) is 4.44. The fourth-order valence-corrected chi connectivity index (χ4v) is 2.00. The summed E-state index contributed by atoms with van der Waals surface area (Å²) < 4.78 is -0.817. The van der Waals surface area contributed by atoms with Gasteiger partial charge in [-0.3, -0.25) is 0 Å². The molecule has 0 aliphatic rings. The van der Waals surface area contributed by atoms with E-state index in [1.54, 1.807) is 0 Å². The van der Waals surface area contributed by atoms with E-state index in [1.807, 2.05) is 6.26 Å². The molecule has 1 unspecified atom stereocenters. The van der Waals surface area contributed by atoms with Gasteiger partial charge < -0.3 is 5.11 Å². The molecule has 0 aromatic carbocycles. The van der Waals surface area contributed by atoms with Gasteiger partial charge in [-0.1, -0.05) is 34.8 Å². The zero-order valence-corrected chi connectivity index (χ0v) is 11.8. The summed E-state index contributed by atoms with van der Waals surface area (Å²) in [5.74, 6) is -0.534. The van der Waals surface area contributed by atoms with Crippen molar-refractivity contribution in [1.82, 2.24) is 20.2 Å². The van der Waals surface area contributed by atoms with Crippen LogP contribution in [0.2, 0.25) is 0 Å². The molecule has 0 aliphatic heterocycles. The van der Waals surface area contributed by atoms with E-state index < -0.39 is 15.8 Å². The highest BCUT2D eigenvalue weighted by molar-refractivity contribution is 7.98. The standard InChI is InChI=1S/C7H9Cl3N4O2S/c1-17-3-2-4(5(15)16)14-6(7(8,9)10)11-12-13-14/h4H,2-3H2,1H3,(H,15,16). The molecule has 0 aliphatic carbocycles. The van der Waals surface area contributed by atoms with Gasteiger partial charge in [0.05, 0.1) is 0 Å². The van der Waals surface area contributed by atoms with Crippen LogP contribution in [0.3, 0.4) is 0 Å². The summed E-state index contributed by atoms with van der Waals surface area (Å²) in [7, 11) is 0. The second-order valence-electron chi connectivity index (χ2n) is 3.08. The molecule has 0 bridgehead atoms. The summed E-state index contributed by atoms with van der Waals surface area (Å²) in [6, 6.07) is -0.942. The van der Waals surface area contributed by atoms with Crippen LogP contribution in [0.5, 0.6) is 0 Å². The molecule has 10 heteroatoms. The average Bonchev–Trinajstić information content (AvgIpc) is 2.66. The second-order valence-corrected chi connectivity index (χ2v) is 6.35. The molecule has 1 atom stereocenters. The zero-order valence-electron chi connectivity index (χ0n) is 8.68. The average molecular weight is 320 g/mol. The first-order valence-corrected chi connectivity index (χ1v) is 6.97. The maximum absolute atomic E-state index is 11.1. The van der Waals surface area contributed by atoms with Crippen LogP contribution in [0.25, 0.3) is 0 Å². The number of aromatic nitrogens is 4. The fourth-order valence-electron chi connectivity index (χ4n) is 1.17. The number of rotatable bonds is 5. The van der Waals surface area contributed by atoms with E-state index in [0.717, 1.165) is 4.68 Å². The van der Waals surface area contributed by atoms with Crippen molar-refractivity contribution in [2.75, 3.05) is 12.0 Å². The Morgan fingerprint density at radius 3 is 2.71 bits per heavy atom. The van der Waals surface area contributed by atoms with Crippen molar-refractivity contribution in [3.8, 4) is 0 Å². The topological polar surface area (TPSA) is 80.9 Å². The van der Waals surface area contributed by atoms with E-state index >= 15 is 0 Å². The largest absolute Gasteiger partial charge is 0.480 e. The second kappa shape index (κ2) is 6.08. The van der Waals surface area contributed by atoms with Crippen molar-refractivity contribution in [2.24, 2.45) is 0 Å². The van der Waals surface area contributed by atoms with Crippen molar-refractivity contribution in [2.45, 2.75) is 16.3 Å². The van der Waals surface area contributed by atoms with Crippen molar-refractivity contribution in [1.29, 1.82) is 0 Å². The van der Waals surface area contributed by atoms with Crippen molar-refractivity contribution in [3.05, 3.63) is 5.82 Å². The molecule has 1 rings (SSSR count). The Labute approximate surface area is 117 Å². The number of tetrazole rings is 1. The number of carboxylic acid groups (broad SMARTS) is 1. The molecular weight excluding hydrogens is 311 g/mol. The van der Waals surface area contributed by atoms with Crippen LogP contribution in [0.4, 0.5) is 0 Å². The van der Waals surface area contributed by atoms with E-state index in [2.05, 4.69) is 15.5 Å². The molecule has 1 N–H and O–H groups in total. The molecule has 1 heterocycles. The van der Waals surface area contributed by atoms with Gasteiger partial charge in [0.25, 0.3) is 3.79 Å². The van der Waals surface area contributed by atoms with Gasteiger partial charge >= 0.3 is 5.97 Å². The van der Waals surface area contributed by atoms with Crippen molar-refractivity contribution < 1.29 is 9.90 Å². The lowest BCUT2D eigenvalue weighted by molar-refractivity contribution is -0.141. The predicted octanol–water partition coefficient (Wildman–Crippen LogP) is 1.88. The predicted molar refractivity (Wildman–Crippen MR) is 66.7 cm³/mol. The Balaban J connectivity index is 3.03. The summed E-state index contributed by atoms with van der Waals surface area (Å²) >= 11 is 18.5. The minimum absolute atomic E-state index is 0.101. The minimum atomic E-state index is -1.85. The van der Waals surface area contributed by atoms with Gasteiger partial charge in [-0.25, -0.2) is 9.48 Å². The maximum atomic E-state index is 11.1. The number of hydrogen-bond acceptors (Lipinski definition) is 5. The molecule has 0 spiro atoms. The zero-order chi connectivity index (χ0) is 13.1. The molecule has 96 valence electrons. The number of thioether (sulfide) groups is 1. The van der Waals surface area contributed by atoms with E-state index in [-0.39, 0.29) is 5.82 Å². The molecule has 0 radical (unpaired) electrons. The van der Waals surface area contributed by atoms with E-state index in [4.69, 9.17) is 39.9 Å². The fraction of sp³-hybridized carbons (Fsp3) is 0.714. The van der Waals surface area contributed by atoms with Gasteiger partial charge in [0.2, 0.25) is 5.82 Å². The highest BCUT2D eigenvalue weighted by atomic mass is 35.6. The Morgan fingerprint density at radius 2 is 2.24 bits per heavy atom. The number of nitrogens with zero attached hydrogens (tertiary/aromatic N) is 4. The Morgan fingerprint density at radius 1 is 1.59 bits per heavy atom. The lowest BCUT2D eigenvalue weighted by Crippen LogP contribution is -2.25. The number of carbonyl (C=O) groups is 1. The van der Waals surface area contributed by atoms with Gasteiger partial charge in [0.1, 0.15) is 0 Å². The summed E-state index contributed by atoms with van der Waals surface area (Å²) in [5.41, 5.74) is 0. The lowest BCUT2D eigenvalue weighted by atomic mass is 10.2. The van der Waals surface area contributed by atoms with Crippen LogP contribution in [-0.4, -0.2) is 43.3 Å². The maximum Gasteiger partial charge on any atom is 0.328 e. The van der Waals surface area contributed by atoms with Gasteiger partial charge in [0.15, 0.2) is 6.04 Å². The summed E-state index contributed by atoms with van der Waals surface area (Å²) in [6.45, 7) is 0. The Bertz CT molecular complexity index is 395. The SMILES string of the molecule is CSCCC(C(=O)O)n1nnnc1C(Cl)(Cl)Cl. The molecular formula is C7H9Cl3N4O2S. The first-order chi connectivity index (χ1) is 7.88. The van der Waals surface area contributed by atoms with Crippen molar-refractivity contribution in [3.63, 3.8) is 0 Å². The number of alkyl halides is 3. The number of hydrogen-bond donors (Lipinski definition) is 1. The molecule has 1 aromatic heterocycles. The van der Waals surface area contributed by atoms with Gasteiger partial charge in [-0.05, 0) is 28.9 Å². The minimum Gasteiger partial charge on any atom is -0.480 e. The Hall–Kier alpha value is -0.240. The summed E-state index contributed by atoms with van der Waals surface area (Å²) in [4.78, 5) is 11.1. The Kier molecular flexibility index (Phi) is 5.30. The molecule has 0 saturated heterocycles. The van der Waals surface area contributed by atoms with Crippen LogP contribution < -0.4 is 0 Å². The first kappa shape index (κ1) is 14.8. The quantitative estimate of drug-likeness (QED) is 0.835. The number of carboxylic acids is 1. The third kappa shape index (κ3) is 3.87. The summed E-state index contributed by atoms with van der Waals surface area (Å²) in [5, 5.41) is 19.6. The summed E-state index contributed by atoms with van der Waals surface area (Å²) in [6.07, 6.45) is 2.21. The molecule has 0 amide bonds. The normalized spacial score (nSPS) is 13.6. The molecule has 0 fully saturated rings. The highest BCUT2D eigenvalue weighted by Crippen LogP contribution is 2.37. The van der Waals surface area contributed by atoms with Crippen LogP contribution in [0.1, 0.15) is 18.3 Å². The van der Waals surface area contributed by atoms with E-state index in [9.17, 15) is 4.79 Å². The number of aliphatic carboxylic acids is 1.